The highest BCUT2D eigenvalue weighted by Crippen LogP contribution is 2.28. The smallest absolute Gasteiger partial charge is 0.229 e. The van der Waals surface area contributed by atoms with Crippen LogP contribution in [0.25, 0.3) is 0 Å². The van der Waals surface area contributed by atoms with E-state index in [9.17, 15) is 4.39 Å². The number of rotatable bonds is 6. The number of ether oxygens (including phenoxy) is 1. The molecule has 8 heteroatoms. The minimum atomic E-state index is -0.530. The lowest BCUT2D eigenvalue weighted by atomic mass is 10.2. The van der Waals surface area contributed by atoms with Gasteiger partial charge in [0.05, 0.1) is 18.0 Å². The van der Waals surface area contributed by atoms with Crippen molar-refractivity contribution >= 4 is 28.8 Å². The van der Waals surface area contributed by atoms with E-state index in [0.717, 1.165) is 29.9 Å². The summed E-state index contributed by atoms with van der Waals surface area (Å²) in [6.45, 7) is 4.73. The van der Waals surface area contributed by atoms with Gasteiger partial charge in [-0.15, -0.1) is 0 Å². The lowest BCUT2D eigenvalue weighted by Gasteiger charge is -2.12. The van der Waals surface area contributed by atoms with E-state index >= 15 is 0 Å². The highest BCUT2D eigenvalue weighted by Gasteiger charge is 2.15. The maximum absolute atomic E-state index is 14.2. The molecule has 7 nitrogen and oxygen atoms in total. The van der Waals surface area contributed by atoms with Gasteiger partial charge in [-0.2, -0.15) is 4.98 Å². The van der Waals surface area contributed by atoms with Crippen LogP contribution < -0.4 is 20.8 Å². The molecule has 0 aliphatic carbocycles. The topological polar surface area (TPSA) is 74.3 Å². The van der Waals surface area contributed by atoms with Gasteiger partial charge in [-0.25, -0.2) is 14.4 Å². The standard InChI is InChI=1S/C21H23FN6O/c1-13(2)29-17-7-4-15(5-8-17)24-20-18(22)11-23-21(26-20)25-16-6-9-19-14(10-16)12-28(3)27-19/h4-11,13,27H,12H2,1-3H3,(H2,23,24,25,26). The van der Waals surface area contributed by atoms with Gasteiger partial charge in [0.2, 0.25) is 5.95 Å². The predicted molar refractivity (Wildman–Crippen MR) is 112 cm³/mol. The zero-order valence-corrected chi connectivity index (χ0v) is 16.5. The van der Waals surface area contributed by atoms with E-state index in [1.807, 2.05) is 68.4 Å². The average Bonchev–Trinajstić information content (AvgIpc) is 3.05. The molecular formula is C21H23FN6O. The number of hydrazine groups is 1. The Balaban J connectivity index is 1.48. The Morgan fingerprint density at radius 3 is 2.62 bits per heavy atom. The van der Waals surface area contributed by atoms with Gasteiger partial charge in [-0.3, -0.25) is 0 Å². The van der Waals surface area contributed by atoms with E-state index in [2.05, 4.69) is 26.0 Å². The quantitative estimate of drug-likeness (QED) is 0.561. The fraction of sp³-hybridized carbons (Fsp3) is 0.238. The van der Waals surface area contributed by atoms with Crippen LogP contribution in [0.2, 0.25) is 0 Å². The summed E-state index contributed by atoms with van der Waals surface area (Å²) in [4.78, 5) is 8.32. The van der Waals surface area contributed by atoms with E-state index in [4.69, 9.17) is 4.74 Å². The second-order valence-corrected chi connectivity index (χ2v) is 7.17. The third-order valence-electron chi connectivity index (χ3n) is 4.31. The second kappa shape index (κ2) is 7.92. The summed E-state index contributed by atoms with van der Waals surface area (Å²) >= 11 is 0. The minimum Gasteiger partial charge on any atom is -0.491 e. The molecule has 0 saturated carbocycles. The van der Waals surface area contributed by atoms with Gasteiger partial charge in [0.1, 0.15) is 5.75 Å². The van der Waals surface area contributed by atoms with Gasteiger partial charge < -0.3 is 20.8 Å². The van der Waals surface area contributed by atoms with Crippen LogP contribution in [0, 0.1) is 5.82 Å². The molecule has 1 aliphatic heterocycles. The number of fused-ring (bicyclic) bond motifs is 1. The Bertz CT molecular complexity index is 1010. The van der Waals surface area contributed by atoms with Crippen LogP contribution in [-0.4, -0.2) is 28.1 Å². The summed E-state index contributed by atoms with van der Waals surface area (Å²) in [6, 6.07) is 13.2. The summed E-state index contributed by atoms with van der Waals surface area (Å²) in [5.41, 5.74) is 7.04. The zero-order chi connectivity index (χ0) is 20.4. The number of hydrogen-bond donors (Lipinski definition) is 3. The number of nitrogens with zero attached hydrogens (tertiary/aromatic N) is 3. The summed E-state index contributed by atoms with van der Waals surface area (Å²) in [5, 5.41) is 8.13. The highest BCUT2D eigenvalue weighted by atomic mass is 19.1. The molecule has 2 heterocycles. The van der Waals surface area contributed by atoms with Crippen LogP contribution >= 0.6 is 0 Å². The molecule has 1 aliphatic rings. The minimum absolute atomic E-state index is 0.0946. The normalized spacial score (nSPS) is 13.1. The first-order valence-electron chi connectivity index (χ1n) is 9.40. The van der Waals surface area contributed by atoms with Crippen LogP contribution in [0.1, 0.15) is 19.4 Å². The van der Waals surface area contributed by atoms with Gasteiger partial charge >= 0.3 is 0 Å². The van der Waals surface area contributed by atoms with E-state index in [0.29, 0.717) is 11.6 Å². The van der Waals surface area contributed by atoms with Gasteiger partial charge in [-0.05, 0) is 61.9 Å². The lowest BCUT2D eigenvalue weighted by molar-refractivity contribution is 0.242. The van der Waals surface area contributed by atoms with Crippen molar-refractivity contribution in [2.24, 2.45) is 0 Å². The molecule has 0 amide bonds. The van der Waals surface area contributed by atoms with Crippen LogP contribution in [0.3, 0.4) is 0 Å². The molecule has 0 bridgehead atoms. The molecule has 0 fully saturated rings. The molecule has 0 saturated heterocycles. The summed E-state index contributed by atoms with van der Waals surface area (Å²) in [7, 11) is 1.98. The van der Waals surface area contributed by atoms with Crippen molar-refractivity contribution in [3.05, 3.63) is 60.0 Å². The fourth-order valence-corrected chi connectivity index (χ4v) is 3.08. The monoisotopic (exact) mass is 394 g/mol. The van der Waals surface area contributed by atoms with Gasteiger partial charge in [-0.1, -0.05) is 0 Å². The fourth-order valence-electron chi connectivity index (χ4n) is 3.08. The lowest BCUT2D eigenvalue weighted by Crippen LogP contribution is -2.16. The van der Waals surface area contributed by atoms with Crippen molar-refractivity contribution in [2.75, 3.05) is 23.1 Å². The molecule has 3 aromatic rings. The number of halogens is 1. The summed E-state index contributed by atoms with van der Waals surface area (Å²) < 4.78 is 19.8. The number of nitrogens with one attached hydrogen (secondary N) is 3. The average molecular weight is 394 g/mol. The van der Waals surface area contributed by atoms with E-state index in [-0.39, 0.29) is 11.9 Å². The molecule has 0 spiro atoms. The molecule has 0 radical (unpaired) electrons. The predicted octanol–water partition coefficient (Wildman–Crippen LogP) is 4.66. The van der Waals surface area contributed by atoms with Gasteiger partial charge in [0, 0.05) is 25.0 Å². The summed E-state index contributed by atoms with van der Waals surface area (Å²) in [6.07, 6.45) is 1.24. The molecular weight excluding hydrogens is 371 g/mol. The van der Waals surface area contributed by atoms with Gasteiger partial charge in [0.15, 0.2) is 11.6 Å². The van der Waals surface area contributed by atoms with Crippen LogP contribution in [0.4, 0.5) is 33.2 Å². The molecule has 2 aromatic carbocycles. The Labute approximate surface area is 168 Å². The van der Waals surface area contributed by atoms with Crippen LogP contribution in [-0.2, 0) is 6.54 Å². The van der Waals surface area contributed by atoms with Crippen LogP contribution in [0.15, 0.2) is 48.7 Å². The third-order valence-corrected chi connectivity index (χ3v) is 4.31. The Hall–Kier alpha value is -3.39. The molecule has 0 unspecified atom stereocenters. The Morgan fingerprint density at radius 1 is 1.10 bits per heavy atom. The summed E-state index contributed by atoms with van der Waals surface area (Å²) in [5.74, 6) is 0.640. The third kappa shape index (κ3) is 4.55. The van der Waals surface area contributed by atoms with Crippen LogP contribution in [0.5, 0.6) is 5.75 Å². The first kappa shape index (κ1) is 18.9. The molecule has 1 aromatic heterocycles. The molecule has 29 heavy (non-hydrogen) atoms. The number of anilines is 5. The first-order chi connectivity index (χ1) is 14.0. The van der Waals surface area contributed by atoms with E-state index in [1.54, 1.807) is 0 Å². The number of aromatic nitrogens is 2. The van der Waals surface area contributed by atoms with Crippen molar-refractivity contribution in [1.29, 1.82) is 0 Å². The number of hydrogen-bond acceptors (Lipinski definition) is 7. The van der Waals surface area contributed by atoms with Gasteiger partial charge in [0.25, 0.3) is 0 Å². The maximum Gasteiger partial charge on any atom is 0.229 e. The van der Waals surface area contributed by atoms with Crippen molar-refractivity contribution in [3.8, 4) is 5.75 Å². The second-order valence-electron chi connectivity index (χ2n) is 7.17. The molecule has 4 rings (SSSR count). The highest BCUT2D eigenvalue weighted by molar-refractivity contribution is 5.65. The van der Waals surface area contributed by atoms with Crippen molar-refractivity contribution < 1.29 is 9.13 Å². The zero-order valence-electron chi connectivity index (χ0n) is 16.5. The van der Waals surface area contributed by atoms with E-state index in [1.165, 1.54) is 5.56 Å². The molecule has 3 N–H and O–H groups in total. The largest absolute Gasteiger partial charge is 0.491 e. The van der Waals surface area contributed by atoms with Crippen molar-refractivity contribution in [2.45, 2.75) is 26.5 Å². The molecule has 0 atom stereocenters. The SMILES string of the molecule is CC(C)Oc1ccc(Nc2nc(Nc3ccc4c(c3)CN(C)N4)ncc2F)cc1. The van der Waals surface area contributed by atoms with Crippen molar-refractivity contribution in [1.82, 2.24) is 15.0 Å². The number of benzene rings is 2. The Kier molecular flexibility index (Phi) is 5.18. The Morgan fingerprint density at radius 2 is 1.86 bits per heavy atom. The van der Waals surface area contributed by atoms with E-state index < -0.39 is 5.82 Å². The molecule has 150 valence electrons. The van der Waals surface area contributed by atoms with Crippen molar-refractivity contribution in [3.63, 3.8) is 0 Å². The first-order valence-corrected chi connectivity index (χ1v) is 9.40. The maximum atomic E-state index is 14.2.